The fourth-order valence-electron chi connectivity index (χ4n) is 2.42. The van der Waals surface area contributed by atoms with Crippen LogP contribution in [0.15, 0.2) is 12.4 Å². The van der Waals surface area contributed by atoms with Crippen LogP contribution in [0.3, 0.4) is 0 Å². The normalized spacial score (nSPS) is 19.4. The van der Waals surface area contributed by atoms with E-state index in [4.69, 9.17) is 0 Å². The largest absolute Gasteiger partial charge is 0.393 e. The number of aryl methyl sites for hydroxylation is 2. The highest BCUT2D eigenvalue weighted by Gasteiger charge is 2.17. The van der Waals surface area contributed by atoms with E-state index in [1.54, 1.807) is 0 Å². The van der Waals surface area contributed by atoms with Crippen LogP contribution in [-0.4, -0.2) is 32.5 Å². The lowest BCUT2D eigenvalue weighted by molar-refractivity contribution is 0.130. The molecule has 1 aromatic rings. The second-order valence-corrected chi connectivity index (χ2v) is 6.23. The zero-order valence-corrected chi connectivity index (χ0v) is 11.3. The van der Waals surface area contributed by atoms with Gasteiger partial charge in [-0.1, -0.05) is 0 Å². The van der Waals surface area contributed by atoms with E-state index in [1.165, 1.54) is 29.9 Å². The van der Waals surface area contributed by atoms with Crippen molar-refractivity contribution in [1.29, 1.82) is 0 Å². The molecule has 2 heterocycles. The number of rotatable bonds is 5. The van der Waals surface area contributed by atoms with Gasteiger partial charge in [-0.3, -0.25) is 4.68 Å². The van der Waals surface area contributed by atoms with E-state index < -0.39 is 0 Å². The van der Waals surface area contributed by atoms with E-state index >= 15 is 0 Å². The first-order valence-corrected chi connectivity index (χ1v) is 7.63. The molecule has 1 fully saturated rings. The maximum Gasteiger partial charge on any atom is 0.0546 e. The predicted octanol–water partition coefficient (Wildman–Crippen LogP) is 2.25. The summed E-state index contributed by atoms with van der Waals surface area (Å²) in [5.41, 5.74) is 1.23. The van der Waals surface area contributed by atoms with Crippen LogP contribution in [0.25, 0.3) is 0 Å². The molecule has 0 bridgehead atoms. The van der Waals surface area contributed by atoms with Gasteiger partial charge in [0.05, 0.1) is 12.3 Å². The molecule has 0 amide bonds. The molecule has 1 atom stereocenters. The Morgan fingerprint density at radius 3 is 2.94 bits per heavy atom. The molecule has 1 unspecified atom stereocenters. The smallest absolute Gasteiger partial charge is 0.0546 e. The van der Waals surface area contributed by atoms with Crippen LogP contribution in [0, 0.1) is 5.92 Å². The Morgan fingerprint density at radius 2 is 2.29 bits per heavy atom. The minimum atomic E-state index is -0.136. The summed E-state index contributed by atoms with van der Waals surface area (Å²) in [4.78, 5) is 0. The minimum Gasteiger partial charge on any atom is -0.393 e. The number of nitrogens with zero attached hydrogens (tertiary/aromatic N) is 2. The SMILES string of the molecule is Cn1cc(CCC(O)CC2CCSCC2)cn1. The van der Waals surface area contributed by atoms with Crippen LogP contribution in [0.1, 0.15) is 31.2 Å². The van der Waals surface area contributed by atoms with Gasteiger partial charge < -0.3 is 5.11 Å². The van der Waals surface area contributed by atoms with Gasteiger partial charge >= 0.3 is 0 Å². The molecule has 3 nitrogen and oxygen atoms in total. The lowest BCUT2D eigenvalue weighted by Crippen LogP contribution is -2.18. The molecule has 4 heteroatoms. The highest BCUT2D eigenvalue weighted by atomic mass is 32.2. The molecule has 1 N–H and O–H groups in total. The standard InChI is InChI=1S/C13H22N2OS/c1-15-10-12(9-14-15)2-3-13(16)8-11-4-6-17-7-5-11/h9-11,13,16H,2-8H2,1H3. The van der Waals surface area contributed by atoms with Gasteiger partial charge in [0.2, 0.25) is 0 Å². The molecule has 2 rings (SSSR count). The van der Waals surface area contributed by atoms with Crippen LogP contribution in [0.4, 0.5) is 0 Å². The third kappa shape index (κ3) is 4.36. The first kappa shape index (κ1) is 13.0. The summed E-state index contributed by atoms with van der Waals surface area (Å²) in [6, 6.07) is 0. The van der Waals surface area contributed by atoms with Crippen molar-refractivity contribution in [3.8, 4) is 0 Å². The Labute approximate surface area is 108 Å². The van der Waals surface area contributed by atoms with E-state index in [-0.39, 0.29) is 6.10 Å². The van der Waals surface area contributed by atoms with Gasteiger partial charge in [0.15, 0.2) is 0 Å². The summed E-state index contributed by atoms with van der Waals surface area (Å²) < 4.78 is 1.82. The maximum absolute atomic E-state index is 10.0. The van der Waals surface area contributed by atoms with Crippen molar-refractivity contribution in [2.24, 2.45) is 13.0 Å². The average molecular weight is 254 g/mol. The van der Waals surface area contributed by atoms with Crippen molar-refractivity contribution in [3.63, 3.8) is 0 Å². The van der Waals surface area contributed by atoms with Gasteiger partial charge in [-0.15, -0.1) is 0 Å². The molecular formula is C13H22N2OS. The van der Waals surface area contributed by atoms with Gasteiger partial charge in [-0.2, -0.15) is 16.9 Å². The van der Waals surface area contributed by atoms with Gasteiger partial charge in [-0.05, 0) is 55.1 Å². The van der Waals surface area contributed by atoms with Gasteiger partial charge in [-0.25, -0.2) is 0 Å². The highest BCUT2D eigenvalue weighted by molar-refractivity contribution is 7.99. The Bertz CT molecular complexity index is 334. The van der Waals surface area contributed by atoms with E-state index in [0.717, 1.165) is 25.2 Å². The molecule has 0 aliphatic carbocycles. The minimum absolute atomic E-state index is 0.136. The molecule has 1 aliphatic heterocycles. The Kier molecular flexibility index (Phi) is 4.92. The molecule has 0 saturated carbocycles. The summed E-state index contributed by atoms with van der Waals surface area (Å²) in [5.74, 6) is 3.31. The maximum atomic E-state index is 10.0. The first-order chi connectivity index (χ1) is 8.24. The van der Waals surface area contributed by atoms with E-state index in [1.807, 2.05) is 35.9 Å². The fraction of sp³-hybridized carbons (Fsp3) is 0.769. The number of aliphatic hydroxyl groups is 1. The zero-order chi connectivity index (χ0) is 12.1. The Balaban J connectivity index is 1.68. The van der Waals surface area contributed by atoms with Crippen molar-refractivity contribution < 1.29 is 5.11 Å². The lowest BCUT2D eigenvalue weighted by atomic mass is 9.93. The van der Waals surface area contributed by atoms with Crippen molar-refractivity contribution >= 4 is 11.8 Å². The van der Waals surface area contributed by atoms with Gasteiger partial charge in [0.1, 0.15) is 0 Å². The summed E-state index contributed by atoms with van der Waals surface area (Å²) in [7, 11) is 1.93. The van der Waals surface area contributed by atoms with E-state index in [2.05, 4.69) is 5.10 Å². The molecule has 1 saturated heterocycles. The zero-order valence-electron chi connectivity index (χ0n) is 10.5. The van der Waals surface area contributed by atoms with Crippen LogP contribution < -0.4 is 0 Å². The Hall–Kier alpha value is -0.480. The molecule has 0 spiro atoms. The number of hydrogen-bond acceptors (Lipinski definition) is 3. The predicted molar refractivity (Wildman–Crippen MR) is 72.2 cm³/mol. The topological polar surface area (TPSA) is 38.0 Å². The molecule has 1 aliphatic rings. The third-order valence-corrected chi connectivity index (χ3v) is 4.52. The second kappa shape index (κ2) is 6.45. The summed E-state index contributed by atoms with van der Waals surface area (Å²) in [6.07, 6.45) is 9.16. The van der Waals surface area contributed by atoms with Gasteiger partial charge in [0, 0.05) is 13.2 Å². The lowest BCUT2D eigenvalue weighted by Gasteiger charge is -2.23. The molecular weight excluding hydrogens is 232 g/mol. The monoisotopic (exact) mass is 254 g/mol. The van der Waals surface area contributed by atoms with Crippen LogP contribution in [-0.2, 0) is 13.5 Å². The molecule has 1 aromatic heterocycles. The number of hydrogen-bond donors (Lipinski definition) is 1. The average Bonchev–Trinajstić information content (AvgIpc) is 2.74. The molecule has 0 aromatic carbocycles. The molecule has 96 valence electrons. The number of aliphatic hydroxyl groups excluding tert-OH is 1. The number of thioether (sulfide) groups is 1. The van der Waals surface area contributed by atoms with Gasteiger partial charge in [0.25, 0.3) is 0 Å². The molecule has 17 heavy (non-hydrogen) atoms. The van der Waals surface area contributed by atoms with E-state index in [9.17, 15) is 5.11 Å². The van der Waals surface area contributed by atoms with Crippen molar-refractivity contribution in [1.82, 2.24) is 9.78 Å². The summed E-state index contributed by atoms with van der Waals surface area (Å²) in [5, 5.41) is 14.2. The van der Waals surface area contributed by atoms with Crippen LogP contribution >= 0.6 is 11.8 Å². The van der Waals surface area contributed by atoms with Crippen molar-refractivity contribution in [2.45, 2.75) is 38.2 Å². The highest BCUT2D eigenvalue weighted by Crippen LogP contribution is 2.27. The van der Waals surface area contributed by atoms with Crippen LogP contribution in [0.5, 0.6) is 0 Å². The van der Waals surface area contributed by atoms with Crippen molar-refractivity contribution in [2.75, 3.05) is 11.5 Å². The van der Waals surface area contributed by atoms with E-state index in [0.29, 0.717) is 0 Å². The summed E-state index contributed by atoms with van der Waals surface area (Å²) >= 11 is 2.05. The number of aromatic nitrogens is 2. The Morgan fingerprint density at radius 1 is 1.53 bits per heavy atom. The van der Waals surface area contributed by atoms with Crippen LogP contribution in [0.2, 0.25) is 0 Å². The first-order valence-electron chi connectivity index (χ1n) is 6.47. The molecule has 0 radical (unpaired) electrons. The quantitative estimate of drug-likeness (QED) is 0.876. The second-order valence-electron chi connectivity index (χ2n) is 5.01. The van der Waals surface area contributed by atoms with Crippen molar-refractivity contribution in [3.05, 3.63) is 18.0 Å². The fourth-order valence-corrected chi connectivity index (χ4v) is 3.62. The summed E-state index contributed by atoms with van der Waals surface area (Å²) in [6.45, 7) is 0. The third-order valence-electron chi connectivity index (χ3n) is 3.47.